The summed E-state index contributed by atoms with van der Waals surface area (Å²) in [4.78, 5) is 22.0. The SMILES string of the molecule is Cc1cc(C)nc(SCc2c(C(=O)NCc3ccccc3Cl)nnn2-c2ccccc2)n1. The van der Waals surface area contributed by atoms with Gasteiger partial charge in [-0.25, -0.2) is 14.6 Å². The van der Waals surface area contributed by atoms with Gasteiger partial charge < -0.3 is 5.32 Å². The number of hydrogen-bond donors (Lipinski definition) is 1. The van der Waals surface area contributed by atoms with E-state index >= 15 is 0 Å². The van der Waals surface area contributed by atoms with Crippen LogP contribution in [0, 0.1) is 13.8 Å². The Balaban J connectivity index is 1.60. The maximum Gasteiger partial charge on any atom is 0.274 e. The van der Waals surface area contributed by atoms with Crippen LogP contribution in [0.5, 0.6) is 0 Å². The average Bonchev–Trinajstić information content (AvgIpc) is 3.21. The number of amides is 1. The van der Waals surface area contributed by atoms with Crippen molar-refractivity contribution < 1.29 is 4.79 Å². The van der Waals surface area contributed by atoms with Crippen molar-refractivity contribution in [3.8, 4) is 5.69 Å². The highest BCUT2D eigenvalue weighted by Crippen LogP contribution is 2.24. The average molecular weight is 465 g/mol. The van der Waals surface area contributed by atoms with Gasteiger partial charge in [-0.05, 0) is 43.7 Å². The molecule has 1 amide bonds. The largest absolute Gasteiger partial charge is 0.346 e. The summed E-state index contributed by atoms with van der Waals surface area (Å²) in [6.07, 6.45) is 0. The molecular weight excluding hydrogens is 444 g/mol. The standard InChI is InChI=1S/C23H21ClN6OS/c1-15-12-16(2)27-23(26-15)32-14-20-21(28-29-30(20)18-9-4-3-5-10-18)22(31)25-13-17-8-6-7-11-19(17)24/h3-12H,13-14H2,1-2H3,(H,25,31). The highest BCUT2D eigenvalue weighted by Gasteiger charge is 2.21. The fourth-order valence-corrected chi connectivity index (χ4v) is 4.32. The van der Waals surface area contributed by atoms with Crippen LogP contribution in [-0.4, -0.2) is 30.9 Å². The molecule has 0 aliphatic rings. The Labute approximate surface area is 195 Å². The normalized spacial score (nSPS) is 10.8. The molecule has 9 heteroatoms. The summed E-state index contributed by atoms with van der Waals surface area (Å²) in [6.45, 7) is 4.16. The second-order valence-corrected chi connectivity index (χ2v) is 8.48. The molecule has 0 aliphatic heterocycles. The van der Waals surface area contributed by atoms with E-state index in [4.69, 9.17) is 11.6 Å². The third kappa shape index (κ3) is 5.15. The van der Waals surface area contributed by atoms with Crippen LogP contribution in [0.25, 0.3) is 5.69 Å². The van der Waals surface area contributed by atoms with Gasteiger partial charge in [-0.3, -0.25) is 4.79 Å². The molecule has 2 heterocycles. The molecule has 0 unspecified atom stereocenters. The lowest BCUT2D eigenvalue weighted by atomic mass is 10.2. The van der Waals surface area contributed by atoms with E-state index in [0.717, 1.165) is 22.6 Å². The van der Waals surface area contributed by atoms with E-state index in [-0.39, 0.29) is 11.6 Å². The van der Waals surface area contributed by atoms with E-state index in [2.05, 4.69) is 25.6 Å². The number of aryl methyl sites for hydroxylation is 2. The zero-order chi connectivity index (χ0) is 22.5. The first-order chi connectivity index (χ1) is 15.5. The van der Waals surface area contributed by atoms with Crippen molar-refractivity contribution in [3.05, 3.63) is 94.0 Å². The number of hydrogen-bond acceptors (Lipinski definition) is 6. The minimum atomic E-state index is -0.316. The zero-order valence-electron chi connectivity index (χ0n) is 17.6. The van der Waals surface area contributed by atoms with E-state index in [1.807, 2.05) is 68.4 Å². The number of nitrogens with zero attached hydrogens (tertiary/aromatic N) is 5. The number of benzene rings is 2. The summed E-state index contributed by atoms with van der Waals surface area (Å²) < 4.78 is 1.68. The van der Waals surface area contributed by atoms with Crippen LogP contribution in [0.2, 0.25) is 5.02 Å². The number of thioether (sulfide) groups is 1. The first-order valence-electron chi connectivity index (χ1n) is 9.98. The van der Waals surface area contributed by atoms with Crippen molar-refractivity contribution in [2.45, 2.75) is 31.3 Å². The van der Waals surface area contributed by atoms with Gasteiger partial charge in [-0.15, -0.1) is 5.10 Å². The summed E-state index contributed by atoms with van der Waals surface area (Å²) in [6, 6.07) is 18.9. The predicted molar refractivity (Wildman–Crippen MR) is 125 cm³/mol. The van der Waals surface area contributed by atoms with Crippen molar-refractivity contribution in [3.63, 3.8) is 0 Å². The van der Waals surface area contributed by atoms with Gasteiger partial charge in [-0.1, -0.05) is 65.0 Å². The summed E-state index contributed by atoms with van der Waals surface area (Å²) in [5.74, 6) is 0.114. The topological polar surface area (TPSA) is 85.6 Å². The number of aromatic nitrogens is 5. The van der Waals surface area contributed by atoms with Crippen molar-refractivity contribution in [1.29, 1.82) is 0 Å². The van der Waals surface area contributed by atoms with Crippen LogP contribution in [0.4, 0.5) is 0 Å². The molecule has 2 aromatic heterocycles. The molecular formula is C23H21ClN6OS. The van der Waals surface area contributed by atoms with Gasteiger partial charge in [0.2, 0.25) is 0 Å². The second-order valence-electron chi connectivity index (χ2n) is 7.13. The van der Waals surface area contributed by atoms with E-state index in [0.29, 0.717) is 28.2 Å². The lowest BCUT2D eigenvalue weighted by Gasteiger charge is -2.09. The number of carbonyl (C=O) groups is 1. The van der Waals surface area contributed by atoms with Crippen molar-refractivity contribution in [2.75, 3.05) is 0 Å². The van der Waals surface area contributed by atoms with Crippen LogP contribution in [0.3, 0.4) is 0 Å². The highest BCUT2D eigenvalue weighted by atomic mass is 35.5. The Kier molecular flexibility index (Phi) is 6.82. The Morgan fingerprint density at radius 1 is 1.03 bits per heavy atom. The molecule has 0 spiro atoms. The molecule has 4 aromatic rings. The highest BCUT2D eigenvalue weighted by molar-refractivity contribution is 7.98. The minimum Gasteiger partial charge on any atom is -0.346 e. The smallest absolute Gasteiger partial charge is 0.274 e. The summed E-state index contributed by atoms with van der Waals surface area (Å²) in [5, 5.41) is 12.6. The molecule has 32 heavy (non-hydrogen) atoms. The summed E-state index contributed by atoms with van der Waals surface area (Å²) in [7, 11) is 0. The molecule has 0 aliphatic carbocycles. The molecule has 7 nitrogen and oxygen atoms in total. The number of carbonyl (C=O) groups excluding carboxylic acids is 1. The van der Waals surface area contributed by atoms with E-state index in [1.54, 1.807) is 10.7 Å². The quantitative estimate of drug-likeness (QED) is 0.319. The first-order valence-corrected chi connectivity index (χ1v) is 11.3. The Bertz CT molecular complexity index is 1220. The number of nitrogens with one attached hydrogen (secondary N) is 1. The minimum absolute atomic E-state index is 0.262. The molecule has 4 rings (SSSR count). The van der Waals surface area contributed by atoms with Crippen molar-refractivity contribution in [2.24, 2.45) is 0 Å². The molecule has 0 atom stereocenters. The summed E-state index contributed by atoms with van der Waals surface area (Å²) in [5.41, 5.74) is 4.37. The third-order valence-electron chi connectivity index (χ3n) is 4.68. The lowest BCUT2D eigenvalue weighted by Crippen LogP contribution is -2.24. The second kappa shape index (κ2) is 9.93. The fraction of sp³-hybridized carbons (Fsp3) is 0.174. The Morgan fingerprint density at radius 3 is 2.44 bits per heavy atom. The van der Waals surface area contributed by atoms with Crippen LogP contribution in [0.1, 0.15) is 33.1 Å². The molecule has 0 fully saturated rings. The first kappa shape index (κ1) is 22.0. The molecule has 1 N–H and O–H groups in total. The Hall–Kier alpha value is -3.23. The molecule has 2 aromatic carbocycles. The monoisotopic (exact) mass is 464 g/mol. The van der Waals surface area contributed by atoms with Crippen molar-refractivity contribution >= 4 is 29.3 Å². The summed E-state index contributed by atoms with van der Waals surface area (Å²) >= 11 is 7.65. The van der Waals surface area contributed by atoms with E-state index in [9.17, 15) is 4.79 Å². The molecule has 0 saturated carbocycles. The molecule has 0 radical (unpaired) electrons. The number of para-hydroxylation sites is 1. The molecule has 162 valence electrons. The van der Waals surface area contributed by atoms with Gasteiger partial charge in [0, 0.05) is 28.7 Å². The van der Waals surface area contributed by atoms with Crippen molar-refractivity contribution in [1.82, 2.24) is 30.3 Å². The third-order valence-corrected chi connectivity index (χ3v) is 5.90. The number of halogens is 1. The van der Waals surface area contributed by atoms with Gasteiger partial charge in [-0.2, -0.15) is 0 Å². The number of rotatable bonds is 7. The Morgan fingerprint density at radius 2 is 1.72 bits per heavy atom. The lowest BCUT2D eigenvalue weighted by molar-refractivity contribution is 0.0945. The van der Waals surface area contributed by atoms with Crippen LogP contribution in [-0.2, 0) is 12.3 Å². The maximum absolute atomic E-state index is 13.0. The van der Waals surface area contributed by atoms with Gasteiger partial charge in [0.15, 0.2) is 10.9 Å². The van der Waals surface area contributed by atoms with Crippen LogP contribution in [0.15, 0.2) is 65.8 Å². The van der Waals surface area contributed by atoms with Gasteiger partial charge in [0.05, 0.1) is 11.4 Å². The molecule has 0 saturated heterocycles. The van der Waals surface area contributed by atoms with E-state index in [1.165, 1.54) is 11.8 Å². The zero-order valence-corrected chi connectivity index (χ0v) is 19.2. The van der Waals surface area contributed by atoms with Crippen LogP contribution >= 0.6 is 23.4 Å². The predicted octanol–water partition coefficient (Wildman–Crippen LogP) is 4.55. The van der Waals surface area contributed by atoms with E-state index < -0.39 is 0 Å². The van der Waals surface area contributed by atoms with Gasteiger partial charge >= 0.3 is 0 Å². The van der Waals surface area contributed by atoms with Gasteiger partial charge in [0.1, 0.15) is 0 Å². The fourth-order valence-electron chi connectivity index (χ4n) is 3.18. The van der Waals surface area contributed by atoms with Crippen LogP contribution < -0.4 is 5.32 Å². The van der Waals surface area contributed by atoms with Gasteiger partial charge in [0.25, 0.3) is 5.91 Å². The maximum atomic E-state index is 13.0. The molecule has 0 bridgehead atoms.